The van der Waals surface area contributed by atoms with Gasteiger partial charge in [-0.25, -0.2) is 13.8 Å². The molecule has 0 amide bonds. The van der Waals surface area contributed by atoms with E-state index in [1.807, 2.05) is 13.1 Å². The number of ether oxygens (including phenoxy) is 1. The lowest BCUT2D eigenvalue weighted by Crippen LogP contribution is -2.30. The van der Waals surface area contributed by atoms with Gasteiger partial charge in [0.05, 0.1) is 7.11 Å². The molecule has 0 aliphatic rings. The number of nitrogens with zero attached hydrogens (tertiary/aromatic N) is 1. The molecular formula is C16H18F2N2O. The van der Waals surface area contributed by atoms with Crippen LogP contribution < -0.4 is 10.1 Å². The molecule has 0 bridgehead atoms. The fraction of sp³-hybridized carbons (Fsp3) is 0.312. The van der Waals surface area contributed by atoms with Gasteiger partial charge in [0.1, 0.15) is 0 Å². The molecular weight excluding hydrogens is 274 g/mol. The fourth-order valence-corrected chi connectivity index (χ4v) is 2.16. The van der Waals surface area contributed by atoms with Crippen molar-refractivity contribution >= 4 is 0 Å². The van der Waals surface area contributed by atoms with Gasteiger partial charge in [-0.15, -0.1) is 0 Å². The Balaban J connectivity index is 2.03. The third-order valence-corrected chi connectivity index (χ3v) is 3.36. The SMILES string of the molecule is CNC(Cc1ccc(OC)nc1)Cc1ccc(F)c(F)c1. The summed E-state index contributed by atoms with van der Waals surface area (Å²) < 4.78 is 31.2. The zero-order valence-electron chi connectivity index (χ0n) is 12.1. The van der Waals surface area contributed by atoms with Gasteiger partial charge in [-0.05, 0) is 43.1 Å². The maximum atomic E-state index is 13.2. The van der Waals surface area contributed by atoms with Gasteiger partial charge in [-0.1, -0.05) is 12.1 Å². The molecule has 0 fully saturated rings. The first kappa shape index (κ1) is 15.4. The van der Waals surface area contributed by atoms with E-state index >= 15 is 0 Å². The molecule has 5 heteroatoms. The molecule has 21 heavy (non-hydrogen) atoms. The van der Waals surface area contributed by atoms with Crippen molar-refractivity contribution in [3.8, 4) is 5.88 Å². The molecule has 0 saturated carbocycles. The van der Waals surface area contributed by atoms with E-state index in [0.717, 1.165) is 23.6 Å². The number of likely N-dealkylation sites (N-methyl/N-ethyl adjacent to an activating group) is 1. The van der Waals surface area contributed by atoms with Gasteiger partial charge in [0.15, 0.2) is 11.6 Å². The van der Waals surface area contributed by atoms with Gasteiger partial charge in [0, 0.05) is 18.3 Å². The molecule has 1 unspecified atom stereocenters. The Kier molecular flexibility index (Phi) is 5.22. The molecule has 2 aromatic rings. The molecule has 1 aromatic carbocycles. The average Bonchev–Trinajstić information content (AvgIpc) is 2.51. The highest BCUT2D eigenvalue weighted by Gasteiger charge is 2.11. The summed E-state index contributed by atoms with van der Waals surface area (Å²) in [5.74, 6) is -1.06. The molecule has 112 valence electrons. The monoisotopic (exact) mass is 292 g/mol. The summed E-state index contributed by atoms with van der Waals surface area (Å²) in [6.07, 6.45) is 3.11. The summed E-state index contributed by atoms with van der Waals surface area (Å²) in [4.78, 5) is 4.16. The number of halogens is 2. The molecule has 0 spiro atoms. The lowest BCUT2D eigenvalue weighted by Gasteiger charge is -2.16. The zero-order valence-corrected chi connectivity index (χ0v) is 12.1. The summed E-state index contributed by atoms with van der Waals surface area (Å²) in [5, 5.41) is 3.19. The normalized spacial score (nSPS) is 12.2. The van der Waals surface area contributed by atoms with Crippen LogP contribution >= 0.6 is 0 Å². The number of rotatable bonds is 6. The second kappa shape index (κ2) is 7.13. The highest BCUT2D eigenvalue weighted by atomic mass is 19.2. The number of benzene rings is 1. The number of nitrogens with one attached hydrogen (secondary N) is 1. The third-order valence-electron chi connectivity index (χ3n) is 3.36. The van der Waals surface area contributed by atoms with Crippen molar-refractivity contribution in [2.45, 2.75) is 18.9 Å². The topological polar surface area (TPSA) is 34.1 Å². The van der Waals surface area contributed by atoms with E-state index in [4.69, 9.17) is 4.74 Å². The Labute approximate surface area is 123 Å². The van der Waals surface area contributed by atoms with Crippen LogP contribution in [-0.4, -0.2) is 25.2 Å². The second-order valence-corrected chi connectivity index (χ2v) is 4.85. The first-order chi connectivity index (χ1) is 10.1. The molecule has 3 nitrogen and oxygen atoms in total. The van der Waals surface area contributed by atoms with E-state index in [9.17, 15) is 8.78 Å². The summed E-state index contributed by atoms with van der Waals surface area (Å²) in [6, 6.07) is 7.87. The van der Waals surface area contributed by atoms with Gasteiger partial charge in [-0.2, -0.15) is 0 Å². The van der Waals surface area contributed by atoms with Crippen LogP contribution in [0.3, 0.4) is 0 Å². The molecule has 0 aliphatic heterocycles. The van der Waals surface area contributed by atoms with Crippen LogP contribution in [0.2, 0.25) is 0 Å². The van der Waals surface area contributed by atoms with Gasteiger partial charge < -0.3 is 10.1 Å². The number of aromatic nitrogens is 1. The minimum absolute atomic E-state index is 0.116. The number of pyridine rings is 1. The summed E-state index contributed by atoms with van der Waals surface area (Å²) in [7, 11) is 3.42. The summed E-state index contributed by atoms with van der Waals surface area (Å²) >= 11 is 0. The maximum absolute atomic E-state index is 13.2. The lowest BCUT2D eigenvalue weighted by molar-refractivity contribution is 0.397. The molecule has 0 aliphatic carbocycles. The van der Waals surface area contributed by atoms with Crippen molar-refractivity contribution in [1.29, 1.82) is 0 Å². The van der Waals surface area contributed by atoms with Crippen LogP contribution in [0.25, 0.3) is 0 Å². The van der Waals surface area contributed by atoms with Gasteiger partial charge in [0.2, 0.25) is 5.88 Å². The lowest BCUT2D eigenvalue weighted by atomic mass is 10.00. The Morgan fingerprint density at radius 2 is 1.81 bits per heavy atom. The molecule has 1 N–H and O–H groups in total. The number of methoxy groups -OCH3 is 1. The third kappa shape index (κ3) is 4.23. The molecule has 0 saturated heterocycles. The maximum Gasteiger partial charge on any atom is 0.212 e. The highest BCUT2D eigenvalue weighted by molar-refractivity contribution is 5.21. The van der Waals surface area contributed by atoms with E-state index < -0.39 is 11.6 Å². The van der Waals surface area contributed by atoms with E-state index in [1.165, 1.54) is 6.07 Å². The van der Waals surface area contributed by atoms with Gasteiger partial charge in [-0.3, -0.25) is 0 Å². The van der Waals surface area contributed by atoms with E-state index in [2.05, 4.69) is 10.3 Å². The number of hydrogen-bond donors (Lipinski definition) is 1. The van der Waals surface area contributed by atoms with E-state index in [1.54, 1.807) is 25.4 Å². The molecule has 1 atom stereocenters. The average molecular weight is 292 g/mol. The van der Waals surface area contributed by atoms with Crippen LogP contribution in [0.15, 0.2) is 36.5 Å². The van der Waals surface area contributed by atoms with Crippen molar-refractivity contribution in [3.05, 3.63) is 59.3 Å². The van der Waals surface area contributed by atoms with Crippen LogP contribution in [0.5, 0.6) is 5.88 Å². The first-order valence-electron chi connectivity index (χ1n) is 6.72. The summed E-state index contributed by atoms with van der Waals surface area (Å²) in [5.41, 5.74) is 1.81. The first-order valence-corrected chi connectivity index (χ1v) is 6.72. The Bertz CT molecular complexity index is 587. The van der Waals surface area contributed by atoms with Crippen molar-refractivity contribution in [2.24, 2.45) is 0 Å². The van der Waals surface area contributed by atoms with Crippen LogP contribution in [-0.2, 0) is 12.8 Å². The minimum Gasteiger partial charge on any atom is -0.481 e. The highest BCUT2D eigenvalue weighted by Crippen LogP contribution is 2.14. The zero-order chi connectivity index (χ0) is 15.2. The Hall–Kier alpha value is -2.01. The van der Waals surface area contributed by atoms with E-state index in [0.29, 0.717) is 12.3 Å². The Morgan fingerprint density at radius 3 is 2.38 bits per heavy atom. The van der Waals surface area contributed by atoms with Crippen molar-refractivity contribution < 1.29 is 13.5 Å². The Morgan fingerprint density at radius 1 is 1.10 bits per heavy atom. The van der Waals surface area contributed by atoms with Crippen molar-refractivity contribution in [2.75, 3.05) is 14.2 Å². The van der Waals surface area contributed by atoms with Crippen LogP contribution in [0, 0.1) is 11.6 Å². The largest absolute Gasteiger partial charge is 0.481 e. The van der Waals surface area contributed by atoms with Crippen molar-refractivity contribution in [3.63, 3.8) is 0 Å². The standard InChI is InChI=1S/C16H18F2N2O/c1-19-13(7-11-3-5-14(17)15(18)9-11)8-12-4-6-16(21-2)20-10-12/h3-6,9-10,13,19H,7-8H2,1-2H3. The predicted octanol–water partition coefficient (Wildman–Crippen LogP) is 2.74. The van der Waals surface area contributed by atoms with E-state index in [-0.39, 0.29) is 6.04 Å². The molecule has 1 aromatic heterocycles. The van der Waals surface area contributed by atoms with Crippen LogP contribution in [0.1, 0.15) is 11.1 Å². The number of hydrogen-bond acceptors (Lipinski definition) is 3. The fourth-order valence-electron chi connectivity index (χ4n) is 2.16. The van der Waals surface area contributed by atoms with Gasteiger partial charge >= 0.3 is 0 Å². The van der Waals surface area contributed by atoms with Crippen molar-refractivity contribution in [1.82, 2.24) is 10.3 Å². The van der Waals surface area contributed by atoms with Gasteiger partial charge in [0.25, 0.3) is 0 Å². The molecule has 2 rings (SSSR count). The second-order valence-electron chi connectivity index (χ2n) is 4.85. The smallest absolute Gasteiger partial charge is 0.212 e. The summed E-state index contributed by atoms with van der Waals surface area (Å²) in [6.45, 7) is 0. The molecule has 1 heterocycles. The van der Waals surface area contributed by atoms with Crippen LogP contribution in [0.4, 0.5) is 8.78 Å². The minimum atomic E-state index is -0.820. The quantitative estimate of drug-likeness (QED) is 0.889. The molecule has 0 radical (unpaired) electrons. The predicted molar refractivity (Wildman–Crippen MR) is 77.4 cm³/mol.